The highest BCUT2D eigenvalue weighted by Crippen LogP contribution is 2.07. The van der Waals surface area contributed by atoms with E-state index in [2.05, 4.69) is 5.32 Å². The summed E-state index contributed by atoms with van der Waals surface area (Å²) in [7, 11) is 1.62. The maximum atomic E-state index is 12.5. The van der Waals surface area contributed by atoms with E-state index in [4.69, 9.17) is 9.15 Å². The second-order valence-electron chi connectivity index (χ2n) is 5.66. The first kappa shape index (κ1) is 18.7. The van der Waals surface area contributed by atoms with Crippen molar-refractivity contribution in [2.45, 2.75) is 19.4 Å². The number of hydrogen-bond acceptors (Lipinski definition) is 4. The van der Waals surface area contributed by atoms with Crippen molar-refractivity contribution in [2.75, 3.05) is 26.8 Å². The summed E-state index contributed by atoms with van der Waals surface area (Å²) < 4.78 is 10.0. The van der Waals surface area contributed by atoms with Crippen LogP contribution in [-0.2, 0) is 16.1 Å². The fraction of sp³-hybridized carbons (Fsp3) is 0.368. The quantitative estimate of drug-likeness (QED) is 0.672. The first-order valence-corrected chi connectivity index (χ1v) is 8.31. The second-order valence-corrected chi connectivity index (χ2v) is 5.66. The summed E-state index contributed by atoms with van der Waals surface area (Å²) in [4.78, 5) is 26.2. The molecule has 0 bridgehead atoms. The van der Waals surface area contributed by atoms with Crippen molar-refractivity contribution in [3.63, 3.8) is 0 Å². The van der Waals surface area contributed by atoms with Crippen molar-refractivity contribution < 1.29 is 18.7 Å². The summed E-state index contributed by atoms with van der Waals surface area (Å²) in [5, 5.41) is 2.88. The Kier molecular flexibility index (Phi) is 7.72. The number of nitrogens with zero attached hydrogens (tertiary/aromatic N) is 1. The van der Waals surface area contributed by atoms with Crippen LogP contribution in [0, 0.1) is 0 Å². The predicted octanol–water partition coefficient (Wildman–Crippen LogP) is 2.46. The summed E-state index contributed by atoms with van der Waals surface area (Å²) in [5.74, 6) is -0.221. The van der Waals surface area contributed by atoms with E-state index in [0.29, 0.717) is 38.2 Å². The zero-order valence-corrected chi connectivity index (χ0v) is 14.4. The Balaban J connectivity index is 1.83. The highest BCUT2D eigenvalue weighted by Gasteiger charge is 2.17. The van der Waals surface area contributed by atoms with Gasteiger partial charge in [-0.25, -0.2) is 0 Å². The van der Waals surface area contributed by atoms with E-state index >= 15 is 0 Å². The zero-order chi connectivity index (χ0) is 17.9. The molecule has 0 aliphatic rings. The van der Waals surface area contributed by atoms with E-state index in [1.54, 1.807) is 18.1 Å². The summed E-state index contributed by atoms with van der Waals surface area (Å²) in [6.45, 7) is 1.94. The molecule has 1 aromatic carbocycles. The fourth-order valence-electron chi connectivity index (χ4n) is 2.40. The van der Waals surface area contributed by atoms with Crippen LogP contribution in [0.15, 0.2) is 53.3 Å². The number of nitrogens with one attached hydrogen (secondary N) is 1. The molecule has 0 spiro atoms. The third kappa shape index (κ3) is 6.43. The minimum absolute atomic E-state index is 0.0828. The van der Waals surface area contributed by atoms with Gasteiger partial charge < -0.3 is 19.4 Å². The summed E-state index contributed by atoms with van der Waals surface area (Å²) in [6.07, 6.45) is 3.85. The van der Waals surface area contributed by atoms with Gasteiger partial charge in [0.2, 0.25) is 5.91 Å². The minimum Gasteiger partial charge on any atom is -0.472 e. The van der Waals surface area contributed by atoms with Crippen LogP contribution in [0.3, 0.4) is 0 Å². The first-order valence-electron chi connectivity index (χ1n) is 8.31. The molecule has 0 aliphatic heterocycles. The van der Waals surface area contributed by atoms with Crippen molar-refractivity contribution >= 4 is 11.8 Å². The van der Waals surface area contributed by atoms with Crippen molar-refractivity contribution in [3.8, 4) is 0 Å². The molecule has 0 radical (unpaired) electrons. The molecule has 2 rings (SSSR count). The molecule has 0 aliphatic carbocycles. The van der Waals surface area contributed by atoms with E-state index in [9.17, 15) is 9.59 Å². The van der Waals surface area contributed by atoms with Gasteiger partial charge in [0.05, 0.1) is 11.8 Å². The van der Waals surface area contributed by atoms with Crippen molar-refractivity contribution in [1.82, 2.24) is 10.2 Å². The Morgan fingerprint density at radius 2 is 1.96 bits per heavy atom. The maximum absolute atomic E-state index is 12.5. The van der Waals surface area contributed by atoms with Crippen molar-refractivity contribution in [2.24, 2.45) is 0 Å². The molecule has 6 nitrogen and oxygen atoms in total. The van der Waals surface area contributed by atoms with E-state index in [-0.39, 0.29) is 18.2 Å². The molecule has 6 heteroatoms. The number of hydrogen-bond donors (Lipinski definition) is 1. The number of benzene rings is 1. The minimum atomic E-state index is -0.138. The van der Waals surface area contributed by atoms with Crippen LogP contribution in [0.2, 0.25) is 0 Å². The van der Waals surface area contributed by atoms with E-state index in [0.717, 1.165) is 5.56 Å². The van der Waals surface area contributed by atoms with Crippen molar-refractivity contribution in [1.29, 1.82) is 0 Å². The molecular formula is C19H24N2O4. The molecule has 0 saturated carbocycles. The average Bonchev–Trinajstić information content (AvgIpc) is 3.18. The number of rotatable bonds is 10. The first-order chi connectivity index (χ1) is 12.2. The molecule has 1 aromatic heterocycles. The molecule has 0 saturated heterocycles. The smallest absolute Gasteiger partial charge is 0.257 e. The Morgan fingerprint density at radius 3 is 2.64 bits per heavy atom. The maximum Gasteiger partial charge on any atom is 0.257 e. The Hall–Kier alpha value is -2.60. The summed E-state index contributed by atoms with van der Waals surface area (Å²) in [5.41, 5.74) is 1.53. The van der Waals surface area contributed by atoms with E-state index < -0.39 is 0 Å². The lowest BCUT2D eigenvalue weighted by molar-refractivity contribution is -0.121. The summed E-state index contributed by atoms with van der Waals surface area (Å²) in [6, 6.07) is 11.3. The Labute approximate surface area is 147 Å². The van der Waals surface area contributed by atoms with Gasteiger partial charge in [-0.05, 0) is 18.1 Å². The standard InChI is InChI=1S/C19H24N2O4/c1-24-12-5-10-21(19(23)17-9-13-25-15-17)11-8-18(22)20-14-16-6-3-2-4-7-16/h2-4,6-7,9,13,15H,5,8,10-12,14H2,1H3,(H,20,22). The predicted molar refractivity (Wildman–Crippen MR) is 94.0 cm³/mol. The van der Waals surface area contributed by atoms with Gasteiger partial charge in [-0.1, -0.05) is 30.3 Å². The van der Waals surface area contributed by atoms with Gasteiger partial charge in [0.1, 0.15) is 6.26 Å². The normalized spacial score (nSPS) is 10.4. The van der Waals surface area contributed by atoms with Gasteiger partial charge in [-0.2, -0.15) is 0 Å². The highest BCUT2D eigenvalue weighted by molar-refractivity contribution is 5.94. The van der Waals surface area contributed by atoms with Gasteiger partial charge in [0, 0.05) is 39.8 Å². The molecule has 0 fully saturated rings. The number of furan rings is 1. The van der Waals surface area contributed by atoms with Gasteiger partial charge in [0.25, 0.3) is 5.91 Å². The van der Waals surface area contributed by atoms with Crippen LogP contribution < -0.4 is 5.32 Å². The third-order valence-corrected chi connectivity index (χ3v) is 3.77. The Morgan fingerprint density at radius 1 is 1.16 bits per heavy atom. The van der Waals surface area contributed by atoms with Crippen molar-refractivity contribution in [3.05, 3.63) is 60.1 Å². The van der Waals surface area contributed by atoms with E-state index in [1.165, 1.54) is 12.5 Å². The number of amides is 2. The molecule has 0 unspecified atom stereocenters. The Bertz CT molecular complexity index is 641. The fourth-order valence-corrected chi connectivity index (χ4v) is 2.40. The lowest BCUT2D eigenvalue weighted by Gasteiger charge is -2.22. The molecule has 2 aromatic rings. The van der Waals surface area contributed by atoms with Crippen LogP contribution in [0.4, 0.5) is 0 Å². The molecule has 134 valence electrons. The molecule has 0 atom stereocenters. The van der Waals surface area contributed by atoms with Crippen LogP contribution in [-0.4, -0.2) is 43.5 Å². The number of carbonyl (C=O) groups is 2. The van der Waals surface area contributed by atoms with Crippen LogP contribution in [0.25, 0.3) is 0 Å². The van der Waals surface area contributed by atoms with E-state index in [1.807, 2.05) is 30.3 Å². The van der Waals surface area contributed by atoms with Gasteiger partial charge in [-0.3, -0.25) is 9.59 Å². The molecular weight excluding hydrogens is 320 g/mol. The molecule has 2 amide bonds. The largest absolute Gasteiger partial charge is 0.472 e. The molecule has 25 heavy (non-hydrogen) atoms. The third-order valence-electron chi connectivity index (χ3n) is 3.77. The molecule has 1 heterocycles. The topological polar surface area (TPSA) is 71.8 Å². The lowest BCUT2D eigenvalue weighted by Crippen LogP contribution is -2.36. The summed E-state index contributed by atoms with van der Waals surface area (Å²) >= 11 is 0. The number of methoxy groups -OCH3 is 1. The number of ether oxygens (including phenoxy) is 1. The van der Waals surface area contributed by atoms with Gasteiger partial charge in [0.15, 0.2) is 0 Å². The number of carbonyl (C=O) groups excluding carboxylic acids is 2. The second kappa shape index (κ2) is 10.3. The van der Waals surface area contributed by atoms with Crippen LogP contribution >= 0.6 is 0 Å². The lowest BCUT2D eigenvalue weighted by atomic mass is 10.2. The zero-order valence-electron chi connectivity index (χ0n) is 14.4. The molecule has 1 N–H and O–H groups in total. The van der Waals surface area contributed by atoms with Crippen LogP contribution in [0.1, 0.15) is 28.8 Å². The monoisotopic (exact) mass is 344 g/mol. The average molecular weight is 344 g/mol. The SMILES string of the molecule is COCCCN(CCC(=O)NCc1ccccc1)C(=O)c1ccoc1. The highest BCUT2D eigenvalue weighted by atomic mass is 16.5. The van der Waals surface area contributed by atoms with Gasteiger partial charge >= 0.3 is 0 Å². The van der Waals surface area contributed by atoms with Gasteiger partial charge in [-0.15, -0.1) is 0 Å². The van der Waals surface area contributed by atoms with Crippen LogP contribution in [0.5, 0.6) is 0 Å².